The summed E-state index contributed by atoms with van der Waals surface area (Å²) in [5.41, 5.74) is 5.50. The summed E-state index contributed by atoms with van der Waals surface area (Å²) in [4.78, 5) is 16.8. The van der Waals surface area contributed by atoms with Gasteiger partial charge in [-0.1, -0.05) is 13.8 Å². The van der Waals surface area contributed by atoms with Crippen LogP contribution in [0.5, 0.6) is 0 Å². The Bertz CT molecular complexity index is 253. The van der Waals surface area contributed by atoms with Gasteiger partial charge in [0.25, 0.3) is 0 Å². The second kappa shape index (κ2) is 5.83. The van der Waals surface area contributed by atoms with Crippen LogP contribution in [0.15, 0.2) is 0 Å². The molecule has 1 aliphatic heterocycles. The molecule has 1 amide bonds. The van der Waals surface area contributed by atoms with Gasteiger partial charge < -0.3 is 15.5 Å². The highest BCUT2D eigenvalue weighted by Gasteiger charge is 2.39. The first-order valence-electron chi connectivity index (χ1n) is 6.66. The van der Waals surface area contributed by atoms with Crippen LogP contribution in [0.1, 0.15) is 33.1 Å². The van der Waals surface area contributed by atoms with E-state index in [2.05, 4.69) is 32.8 Å². The van der Waals surface area contributed by atoms with E-state index in [4.69, 9.17) is 5.73 Å². The van der Waals surface area contributed by atoms with Gasteiger partial charge in [-0.25, -0.2) is 0 Å². The minimum atomic E-state index is -0.332. The lowest BCUT2D eigenvalue weighted by molar-refractivity contribution is -0.141. The lowest BCUT2D eigenvalue weighted by Gasteiger charge is -2.33. The second-order valence-electron chi connectivity index (χ2n) is 5.35. The Labute approximate surface area is 105 Å². The van der Waals surface area contributed by atoms with Crippen molar-refractivity contribution < 1.29 is 4.79 Å². The van der Waals surface area contributed by atoms with Crippen LogP contribution in [-0.4, -0.2) is 55.5 Å². The van der Waals surface area contributed by atoms with Crippen LogP contribution < -0.4 is 5.73 Å². The molecule has 4 heteroatoms. The molecule has 1 rings (SSSR count). The van der Waals surface area contributed by atoms with Crippen molar-refractivity contribution in [2.45, 2.75) is 39.2 Å². The second-order valence-corrected chi connectivity index (χ2v) is 5.35. The van der Waals surface area contributed by atoms with Crippen molar-refractivity contribution in [1.82, 2.24) is 9.80 Å². The normalized spacial score (nSPS) is 21.3. The van der Waals surface area contributed by atoms with Gasteiger partial charge in [-0.2, -0.15) is 0 Å². The monoisotopic (exact) mass is 241 g/mol. The van der Waals surface area contributed by atoms with E-state index in [1.807, 2.05) is 4.90 Å². The molecule has 1 heterocycles. The molecular weight excluding hydrogens is 214 g/mol. The topological polar surface area (TPSA) is 49.6 Å². The summed E-state index contributed by atoms with van der Waals surface area (Å²) in [5.74, 6) is 0.259. The van der Waals surface area contributed by atoms with Crippen molar-refractivity contribution in [2.24, 2.45) is 11.1 Å². The highest BCUT2D eigenvalue weighted by Crippen LogP contribution is 2.29. The average molecular weight is 241 g/mol. The van der Waals surface area contributed by atoms with E-state index in [0.29, 0.717) is 12.6 Å². The molecule has 2 N–H and O–H groups in total. The summed E-state index contributed by atoms with van der Waals surface area (Å²) in [6.07, 6.45) is 2.75. The smallest absolute Gasteiger partial charge is 0.230 e. The van der Waals surface area contributed by atoms with Crippen LogP contribution in [0, 0.1) is 5.41 Å². The Morgan fingerprint density at radius 2 is 2.00 bits per heavy atom. The third-order valence-corrected chi connectivity index (χ3v) is 4.38. The van der Waals surface area contributed by atoms with Gasteiger partial charge in [0.05, 0.1) is 5.41 Å². The molecule has 17 heavy (non-hydrogen) atoms. The first-order chi connectivity index (χ1) is 8.00. The Morgan fingerprint density at radius 3 is 2.35 bits per heavy atom. The number of likely N-dealkylation sites (tertiary alicyclic amines) is 1. The van der Waals surface area contributed by atoms with Crippen LogP contribution >= 0.6 is 0 Å². The van der Waals surface area contributed by atoms with Crippen LogP contribution in [0.3, 0.4) is 0 Å². The van der Waals surface area contributed by atoms with E-state index < -0.39 is 0 Å². The molecule has 1 fully saturated rings. The zero-order chi connectivity index (χ0) is 13.1. The van der Waals surface area contributed by atoms with Crippen molar-refractivity contribution in [3.8, 4) is 0 Å². The minimum Gasteiger partial charge on any atom is -0.341 e. The van der Waals surface area contributed by atoms with Crippen molar-refractivity contribution in [1.29, 1.82) is 0 Å². The minimum absolute atomic E-state index is 0.259. The molecule has 0 aromatic rings. The summed E-state index contributed by atoms with van der Waals surface area (Å²) in [6, 6.07) is 0.503. The fourth-order valence-corrected chi connectivity index (χ4v) is 2.61. The molecule has 1 aliphatic rings. The Balaban J connectivity index is 2.71. The number of nitrogens with zero attached hydrogens (tertiary/aromatic N) is 2. The van der Waals surface area contributed by atoms with E-state index >= 15 is 0 Å². The largest absolute Gasteiger partial charge is 0.341 e. The fourth-order valence-electron chi connectivity index (χ4n) is 2.61. The van der Waals surface area contributed by atoms with Gasteiger partial charge in [0, 0.05) is 25.7 Å². The van der Waals surface area contributed by atoms with Gasteiger partial charge in [0.15, 0.2) is 0 Å². The van der Waals surface area contributed by atoms with Crippen LogP contribution in [0.2, 0.25) is 0 Å². The highest BCUT2D eigenvalue weighted by molar-refractivity contribution is 5.83. The van der Waals surface area contributed by atoms with Gasteiger partial charge >= 0.3 is 0 Å². The molecule has 1 saturated heterocycles. The summed E-state index contributed by atoms with van der Waals surface area (Å²) in [7, 11) is 4.16. The molecule has 1 unspecified atom stereocenters. The number of hydrogen-bond acceptors (Lipinski definition) is 3. The van der Waals surface area contributed by atoms with Crippen molar-refractivity contribution >= 4 is 5.91 Å². The van der Waals surface area contributed by atoms with E-state index in [1.165, 1.54) is 0 Å². The van der Waals surface area contributed by atoms with Gasteiger partial charge in [-0.05, 0) is 33.4 Å². The molecule has 1 atom stereocenters. The van der Waals surface area contributed by atoms with Crippen LogP contribution in [-0.2, 0) is 4.79 Å². The highest BCUT2D eigenvalue weighted by atomic mass is 16.2. The number of amides is 1. The standard InChI is InChI=1S/C13H27N3O/c1-5-13(6-2,10-14)12(17)16-8-7-11(9-16)15(3)4/h11H,5-10,14H2,1-4H3. The number of rotatable bonds is 5. The maximum atomic E-state index is 12.6. The maximum absolute atomic E-state index is 12.6. The predicted molar refractivity (Wildman–Crippen MR) is 70.7 cm³/mol. The van der Waals surface area contributed by atoms with Gasteiger partial charge in [-0.15, -0.1) is 0 Å². The zero-order valence-corrected chi connectivity index (χ0v) is 11.7. The number of nitrogens with two attached hydrogens (primary N) is 1. The summed E-state index contributed by atoms with van der Waals surface area (Å²) in [6.45, 7) is 6.32. The molecule has 4 nitrogen and oxygen atoms in total. The summed E-state index contributed by atoms with van der Waals surface area (Å²) >= 11 is 0. The number of carbonyl (C=O) groups excluding carboxylic acids is 1. The molecule has 0 aromatic carbocycles. The number of carbonyl (C=O) groups is 1. The zero-order valence-electron chi connectivity index (χ0n) is 11.7. The molecule has 100 valence electrons. The molecule has 0 aromatic heterocycles. The van der Waals surface area contributed by atoms with Crippen LogP contribution in [0.25, 0.3) is 0 Å². The van der Waals surface area contributed by atoms with Crippen molar-refractivity contribution in [3.05, 3.63) is 0 Å². The van der Waals surface area contributed by atoms with Crippen LogP contribution in [0.4, 0.5) is 0 Å². The Hall–Kier alpha value is -0.610. The lowest BCUT2D eigenvalue weighted by atomic mass is 9.81. The summed E-state index contributed by atoms with van der Waals surface area (Å²) < 4.78 is 0. The summed E-state index contributed by atoms with van der Waals surface area (Å²) in [5, 5.41) is 0. The van der Waals surface area contributed by atoms with Crippen molar-refractivity contribution in [2.75, 3.05) is 33.7 Å². The Kier molecular flexibility index (Phi) is 4.95. The quantitative estimate of drug-likeness (QED) is 0.778. The third-order valence-electron chi connectivity index (χ3n) is 4.38. The van der Waals surface area contributed by atoms with Gasteiger partial charge in [0.1, 0.15) is 0 Å². The lowest BCUT2D eigenvalue weighted by Crippen LogP contribution is -2.47. The van der Waals surface area contributed by atoms with E-state index in [9.17, 15) is 4.79 Å². The predicted octanol–water partition coefficient (Wildman–Crippen LogP) is 0.914. The first-order valence-corrected chi connectivity index (χ1v) is 6.66. The first kappa shape index (κ1) is 14.5. The van der Waals surface area contributed by atoms with E-state index in [1.54, 1.807) is 0 Å². The van der Waals surface area contributed by atoms with Gasteiger partial charge in [-0.3, -0.25) is 4.79 Å². The fraction of sp³-hybridized carbons (Fsp3) is 0.923. The molecule has 0 saturated carbocycles. The maximum Gasteiger partial charge on any atom is 0.230 e. The third kappa shape index (κ3) is 2.80. The van der Waals surface area contributed by atoms with Crippen molar-refractivity contribution in [3.63, 3.8) is 0 Å². The molecule has 0 spiro atoms. The average Bonchev–Trinajstić information content (AvgIpc) is 2.81. The number of hydrogen-bond donors (Lipinski definition) is 1. The molecule has 0 aliphatic carbocycles. The van der Waals surface area contributed by atoms with E-state index in [0.717, 1.165) is 32.4 Å². The molecular formula is C13H27N3O. The van der Waals surface area contributed by atoms with Gasteiger partial charge in [0.2, 0.25) is 5.91 Å². The molecule has 0 radical (unpaired) electrons. The van der Waals surface area contributed by atoms with E-state index in [-0.39, 0.29) is 11.3 Å². The number of likely N-dealkylation sites (N-methyl/N-ethyl adjacent to an activating group) is 1. The SMILES string of the molecule is CCC(CC)(CN)C(=O)N1CCC(N(C)C)C1. The Morgan fingerprint density at radius 1 is 1.41 bits per heavy atom. The molecule has 0 bridgehead atoms.